The minimum absolute atomic E-state index is 0.0755. The van der Waals surface area contributed by atoms with Crippen LogP contribution in [0.25, 0.3) is 0 Å². The van der Waals surface area contributed by atoms with E-state index in [0.29, 0.717) is 19.6 Å². The van der Waals surface area contributed by atoms with E-state index in [-0.39, 0.29) is 17.9 Å². The van der Waals surface area contributed by atoms with Crippen molar-refractivity contribution in [1.29, 1.82) is 0 Å². The molecule has 0 amide bonds. The van der Waals surface area contributed by atoms with Crippen LogP contribution in [0.3, 0.4) is 0 Å². The Balaban J connectivity index is 1.40. The van der Waals surface area contributed by atoms with Gasteiger partial charge in [-0.2, -0.15) is 0 Å². The van der Waals surface area contributed by atoms with Gasteiger partial charge in [-0.1, -0.05) is 36.8 Å². The lowest BCUT2D eigenvalue weighted by Gasteiger charge is -2.26. The summed E-state index contributed by atoms with van der Waals surface area (Å²) in [7, 11) is 0. The van der Waals surface area contributed by atoms with Crippen LogP contribution in [-0.2, 0) is 6.54 Å². The molecular weight excluding hydrogens is 439 g/mol. The van der Waals surface area contributed by atoms with Crippen molar-refractivity contribution >= 4 is 0 Å². The maximum Gasteiger partial charge on any atom is 0.274 e. The standard InChI is InChI=1S/C25H33FN4O4/c26-23-11-3-2-10-22(23)24(31)17-28-25(19-30(32)33)27-12-7-15-34-21-9-6-8-20(16-21)18-29-13-4-1-5-14-29/h2-3,6,8-11,16,19,24,27-28,31H,1,4-5,7,12-15,17-18H2/b25-19+. The summed E-state index contributed by atoms with van der Waals surface area (Å²) in [5.41, 5.74) is 1.36. The van der Waals surface area contributed by atoms with Crippen LogP contribution in [0.2, 0.25) is 0 Å². The molecule has 8 nitrogen and oxygen atoms in total. The second kappa shape index (κ2) is 13.5. The van der Waals surface area contributed by atoms with Crippen LogP contribution < -0.4 is 15.4 Å². The summed E-state index contributed by atoms with van der Waals surface area (Å²) in [5, 5.41) is 26.8. The zero-order valence-corrected chi connectivity index (χ0v) is 19.3. The second-order valence-corrected chi connectivity index (χ2v) is 8.36. The molecule has 1 aliphatic heterocycles. The fourth-order valence-corrected chi connectivity index (χ4v) is 3.92. The number of benzene rings is 2. The first-order valence-electron chi connectivity index (χ1n) is 11.7. The molecule has 0 saturated carbocycles. The van der Waals surface area contributed by atoms with E-state index in [1.54, 1.807) is 6.07 Å². The molecule has 34 heavy (non-hydrogen) atoms. The third-order valence-electron chi connectivity index (χ3n) is 5.64. The molecule has 2 aromatic carbocycles. The minimum Gasteiger partial charge on any atom is -0.494 e. The third-order valence-corrected chi connectivity index (χ3v) is 5.64. The number of hydrogen-bond donors (Lipinski definition) is 3. The topological polar surface area (TPSA) is 99.9 Å². The average molecular weight is 473 g/mol. The zero-order valence-electron chi connectivity index (χ0n) is 19.3. The Bertz CT molecular complexity index is 950. The number of piperidine rings is 1. The molecule has 0 bridgehead atoms. The van der Waals surface area contributed by atoms with E-state index in [4.69, 9.17) is 4.74 Å². The molecule has 1 unspecified atom stereocenters. The minimum atomic E-state index is -1.14. The monoisotopic (exact) mass is 472 g/mol. The largest absolute Gasteiger partial charge is 0.494 e. The number of nitrogens with one attached hydrogen (secondary N) is 2. The number of nitrogens with zero attached hydrogens (tertiary/aromatic N) is 2. The molecule has 0 aliphatic carbocycles. The Kier molecular flexibility index (Phi) is 10.1. The molecule has 1 fully saturated rings. The van der Waals surface area contributed by atoms with Gasteiger partial charge in [-0.15, -0.1) is 0 Å². The van der Waals surface area contributed by atoms with E-state index in [2.05, 4.69) is 27.7 Å². The second-order valence-electron chi connectivity index (χ2n) is 8.36. The molecule has 0 radical (unpaired) electrons. The van der Waals surface area contributed by atoms with Gasteiger partial charge >= 0.3 is 0 Å². The van der Waals surface area contributed by atoms with Gasteiger partial charge in [0.25, 0.3) is 6.20 Å². The van der Waals surface area contributed by atoms with Crippen molar-refractivity contribution in [2.24, 2.45) is 0 Å². The highest BCUT2D eigenvalue weighted by Gasteiger charge is 2.14. The normalized spacial score (nSPS) is 15.5. The first-order valence-corrected chi connectivity index (χ1v) is 11.7. The summed E-state index contributed by atoms with van der Waals surface area (Å²) in [6.45, 7) is 4.01. The van der Waals surface area contributed by atoms with Crippen LogP contribution in [0.5, 0.6) is 5.75 Å². The van der Waals surface area contributed by atoms with E-state index in [1.165, 1.54) is 43.0 Å². The molecule has 184 valence electrons. The third kappa shape index (κ3) is 8.64. The molecule has 2 aromatic rings. The van der Waals surface area contributed by atoms with E-state index >= 15 is 0 Å². The van der Waals surface area contributed by atoms with Crippen molar-refractivity contribution in [3.63, 3.8) is 0 Å². The SMILES string of the molecule is O=[N+]([O-])/C=C(\NCCCOc1cccc(CN2CCCCC2)c1)NCC(O)c1ccccc1F. The smallest absolute Gasteiger partial charge is 0.274 e. The number of rotatable bonds is 13. The van der Waals surface area contributed by atoms with Gasteiger partial charge in [-0.25, -0.2) is 4.39 Å². The number of aliphatic hydroxyl groups is 1. The van der Waals surface area contributed by atoms with Gasteiger partial charge in [0.1, 0.15) is 11.6 Å². The molecule has 1 heterocycles. The number of ether oxygens (including phenoxy) is 1. The van der Waals surface area contributed by atoms with Crippen molar-refractivity contribution in [2.75, 3.05) is 32.8 Å². The molecule has 1 aliphatic rings. The molecule has 1 atom stereocenters. The Morgan fingerprint density at radius 1 is 1.18 bits per heavy atom. The van der Waals surface area contributed by atoms with Gasteiger partial charge in [-0.3, -0.25) is 15.0 Å². The Labute approximate surface area is 199 Å². The summed E-state index contributed by atoms with van der Waals surface area (Å²) >= 11 is 0. The van der Waals surface area contributed by atoms with Crippen LogP contribution in [0.4, 0.5) is 4.39 Å². The lowest BCUT2D eigenvalue weighted by Crippen LogP contribution is -2.31. The van der Waals surface area contributed by atoms with Crippen molar-refractivity contribution in [1.82, 2.24) is 15.5 Å². The van der Waals surface area contributed by atoms with Crippen molar-refractivity contribution in [2.45, 2.75) is 38.3 Å². The average Bonchev–Trinajstić information content (AvgIpc) is 2.83. The highest BCUT2D eigenvalue weighted by atomic mass is 19.1. The van der Waals surface area contributed by atoms with Crippen LogP contribution in [0.1, 0.15) is 42.9 Å². The highest BCUT2D eigenvalue weighted by molar-refractivity contribution is 5.28. The van der Waals surface area contributed by atoms with Crippen molar-refractivity contribution < 1.29 is 19.2 Å². The fourth-order valence-electron chi connectivity index (χ4n) is 3.92. The predicted molar refractivity (Wildman–Crippen MR) is 128 cm³/mol. The van der Waals surface area contributed by atoms with E-state index in [9.17, 15) is 19.6 Å². The number of halogens is 1. The quantitative estimate of drug-likeness (QED) is 0.233. The Morgan fingerprint density at radius 2 is 1.97 bits per heavy atom. The summed E-state index contributed by atoms with van der Waals surface area (Å²) in [6, 6.07) is 14.0. The maximum atomic E-state index is 13.8. The van der Waals surface area contributed by atoms with Gasteiger partial charge in [-0.05, 0) is 56.1 Å². The lowest BCUT2D eigenvalue weighted by molar-refractivity contribution is -0.404. The predicted octanol–water partition coefficient (Wildman–Crippen LogP) is 3.57. The molecule has 0 aromatic heterocycles. The molecule has 3 N–H and O–H groups in total. The van der Waals surface area contributed by atoms with Crippen LogP contribution >= 0.6 is 0 Å². The maximum absolute atomic E-state index is 13.8. The number of hydrogen-bond acceptors (Lipinski definition) is 7. The van der Waals surface area contributed by atoms with Crippen LogP contribution in [0.15, 0.2) is 60.6 Å². The van der Waals surface area contributed by atoms with E-state index < -0.39 is 16.8 Å². The number of nitro groups is 1. The molecule has 1 saturated heterocycles. The van der Waals surface area contributed by atoms with Gasteiger partial charge in [0.15, 0.2) is 5.82 Å². The zero-order chi connectivity index (χ0) is 24.2. The summed E-state index contributed by atoms with van der Waals surface area (Å²) in [6.07, 6.45) is 4.09. The van der Waals surface area contributed by atoms with Gasteiger partial charge in [0, 0.05) is 25.2 Å². The van der Waals surface area contributed by atoms with Crippen molar-refractivity contribution in [3.8, 4) is 5.75 Å². The molecular formula is C25H33FN4O4. The lowest BCUT2D eigenvalue weighted by atomic mass is 10.1. The van der Waals surface area contributed by atoms with Gasteiger partial charge < -0.3 is 20.5 Å². The van der Waals surface area contributed by atoms with Crippen LogP contribution in [-0.4, -0.2) is 47.7 Å². The Morgan fingerprint density at radius 3 is 2.74 bits per heavy atom. The first-order chi connectivity index (χ1) is 16.5. The van der Waals surface area contributed by atoms with Gasteiger partial charge in [0.05, 0.1) is 17.6 Å². The molecule has 0 spiro atoms. The fraction of sp³-hybridized carbons (Fsp3) is 0.440. The van der Waals surface area contributed by atoms with Crippen molar-refractivity contribution in [3.05, 3.63) is 87.6 Å². The van der Waals surface area contributed by atoms with E-state index in [1.807, 2.05) is 12.1 Å². The summed E-state index contributed by atoms with van der Waals surface area (Å²) in [4.78, 5) is 12.8. The van der Waals surface area contributed by atoms with Gasteiger partial charge in [0.2, 0.25) is 0 Å². The summed E-state index contributed by atoms with van der Waals surface area (Å²) in [5.74, 6) is 0.423. The Hall–Kier alpha value is -3.17. The molecule has 3 rings (SSSR count). The highest BCUT2D eigenvalue weighted by Crippen LogP contribution is 2.18. The first kappa shape index (κ1) is 25.5. The number of aliphatic hydroxyl groups excluding tert-OH is 1. The molecule has 9 heteroatoms. The van der Waals surface area contributed by atoms with E-state index in [0.717, 1.165) is 31.6 Å². The number of likely N-dealkylation sites (tertiary alicyclic amines) is 1. The summed E-state index contributed by atoms with van der Waals surface area (Å²) < 4.78 is 19.7. The van der Waals surface area contributed by atoms with Crippen LogP contribution in [0, 0.1) is 15.9 Å².